The van der Waals surface area contributed by atoms with Gasteiger partial charge in [0.1, 0.15) is 0 Å². The van der Waals surface area contributed by atoms with Gasteiger partial charge >= 0.3 is 0 Å². The van der Waals surface area contributed by atoms with Gasteiger partial charge in [0.15, 0.2) is 0 Å². The second-order valence-corrected chi connectivity index (χ2v) is 4.33. The molecule has 0 radical (unpaired) electrons. The summed E-state index contributed by atoms with van der Waals surface area (Å²) < 4.78 is 0. The fourth-order valence-corrected chi connectivity index (χ4v) is 2.28. The number of hydrogen-bond acceptors (Lipinski definition) is 1. The van der Waals surface area contributed by atoms with Crippen LogP contribution in [0.2, 0.25) is 0 Å². The van der Waals surface area contributed by atoms with Gasteiger partial charge in [-0.3, -0.25) is 4.79 Å². The lowest BCUT2D eigenvalue weighted by Gasteiger charge is -2.14. The number of nitrogens with zero attached hydrogens (tertiary/aromatic N) is 1. The molecule has 2 rings (SSSR count). The predicted molar refractivity (Wildman–Crippen MR) is 65.0 cm³/mol. The van der Waals surface area contributed by atoms with Crippen LogP contribution in [0.25, 0.3) is 0 Å². The van der Waals surface area contributed by atoms with Gasteiger partial charge < -0.3 is 4.90 Å². The van der Waals surface area contributed by atoms with Crippen LogP contribution in [-0.4, -0.2) is 23.9 Å². The van der Waals surface area contributed by atoms with Crippen LogP contribution in [0.3, 0.4) is 0 Å². The van der Waals surface area contributed by atoms with Crippen molar-refractivity contribution in [3.8, 4) is 0 Å². The van der Waals surface area contributed by atoms with Crippen LogP contribution in [0, 0.1) is 5.92 Å². The van der Waals surface area contributed by atoms with E-state index >= 15 is 0 Å². The van der Waals surface area contributed by atoms with Gasteiger partial charge in [-0.15, -0.1) is 0 Å². The zero-order chi connectivity index (χ0) is 11.4. The topological polar surface area (TPSA) is 20.3 Å². The standard InChI is InChI=1S/C14H17NO/c1-2-14(16)15-9-8-13(11-15)10-12-6-4-3-5-7-12/h2-7,13H,1,8-11H2/t13-/m1/s1. The monoisotopic (exact) mass is 215 g/mol. The molecule has 2 heteroatoms. The minimum Gasteiger partial charge on any atom is -0.339 e. The molecule has 0 spiro atoms. The Morgan fingerprint density at radius 2 is 2.19 bits per heavy atom. The van der Waals surface area contributed by atoms with Crippen LogP contribution >= 0.6 is 0 Å². The van der Waals surface area contributed by atoms with E-state index in [1.165, 1.54) is 11.6 Å². The molecule has 0 bridgehead atoms. The highest BCUT2D eigenvalue weighted by Gasteiger charge is 2.24. The molecule has 0 saturated carbocycles. The Morgan fingerprint density at radius 1 is 1.44 bits per heavy atom. The molecule has 2 nitrogen and oxygen atoms in total. The molecule has 1 fully saturated rings. The zero-order valence-electron chi connectivity index (χ0n) is 9.43. The lowest BCUT2D eigenvalue weighted by Crippen LogP contribution is -2.26. The quantitative estimate of drug-likeness (QED) is 0.708. The molecule has 1 saturated heterocycles. The van der Waals surface area contributed by atoms with E-state index < -0.39 is 0 Å². The third kappa shape index (κ3) is 2.51. The molecule has 0 N–H and O–H groups in total. The molecule has 0 unspecified atom stereocenters. The Kier molecular flexibility index (Phi) is 3.40. The first-order valence-electron chi connectivity index (χ1n) is 5.75. The summed E-state index contributed by atoms with van der Waals surface area (Å²) in [7, 11) is 0. The summed E-state index contributed by atoms with van der Waals surface area (Å²) in [4.78, 5) is 13.3. The molecule has 0 aliphatic carbocycles. The van der Waals surface area contributed by atoms with E-state index in [1.807, 2.05) is 11.0 Å². The fraction of sp³-hybridized carbons (Fsp3) is 0.357. The van der Waals surface area contributed by atoms with Crippen molar-refractivity contribution < 1.29 is 4.79 Å². The zero-order valence-corrected chi connectivity index (χ0v) is 9.43. The molecular weight excluding hydrogens is 198 g/mol. The molecule has 16 heavy (non-hydrogen) atoms. The summed E-state index contributed by atoms with van der Waals surface area (Å²) in [5.74, 6) is 0.668. The first kappa shape index (κ1) is 10.9. The van der Waals surface area contributed by atoms with Gasteiger partial charge in [-0.2, -0.15) is 0 Å². The third-order valence-corrected chi connectivity index (χ3v) is 3.14. The second-order valence-electron chi connectivity index (χ2n) is 4.33. The summed E-state index contributed by atoms with van der Waals surface area (Å²) in [6, 6.07) is 10.5. The van der Waals surface area contributed by atoms with Crippen molar-refractivity contribution in [2.75, 3.05) is 13.1 Å². The highest BCUT2D eigenvalue weighted by atomic mass is 16.2. The van der Waals surface area contributed by atoms with Crippen molar-refractivity contribution >= 4 is 5.91 Å². The summed E-state index contributed by atoms with van der Waals surface area (Å²) in [5.41, 5.74) is 1.36. The van der Waals surface area contributed by atoms with E-state index in [2.05, 4.69) is 30.8 Å². The maximum absolute atomic E-state index is 11.4. The number of amides is 1. The minimum absolute atomic E-state index is 0.0653. The van der Waals surface area contributed by atoms with Gasteiger partial charge in [-0.05, 0) is 30.4 Å². The number of likely N-dealkylation sites (tertiary alicyclic amines) is 1. The van der Waals surface area contributed by atoms with Gasteiger partial charge in [0.2, 0.25) is 5.91 Å². The molecule has 84 valence electrons. The lowest BCUT2D eigenvalue weighted by molar-refractivity contribution is -0.125. The van der Waals surface area contributed by atoms with E-state index in [-0.39, 0.29) is 5.91 Å². The maximum atomic E-state index is 11.4. The maximum Gasteiger partial charge on any atom is 0.245 e. The Balaban J connectivity index is 1.90. The van der Waals surface area contributed by atoms with E-state index in [0.717, 1.165) is 25.9 Å². The molecule has 0 aromatic heterocycles. The average molecular weight is 215 g/mol. The van der Waals surface area contributed by atoms with Crippen LogP contribution in [0.5, 0.6) is 0 Å². The predicted octanol–water partition coefficient (Wildman–Crippen LogP) is 2.26. The van der Waals surface area contributed by atoms with E-state index in [1.54, 1.807) is 0 Å². The van der Waals surface area contributed by atoms with Crippen LogP contribution in [0.15, 0.2) is 43.0 Å². The van der Waals surface area contributed by atoms with Crippen molar-refractivity contribution in [3.63, 3.8) is 0 Å². The summed E-state index contributed by atoms with van der Waals surface area (Å²) in [6.45, 7) is 5.28. The van der Waals surface area contributed by atoms with Crippen LogP contribution in [0.4, 0.5) is 0 Å². The molecule has 1 heterocycles. The van der Waals surface area contributed by atoms with Crippen LogP contribution in [0.1, 0.15) is 12.0 Å². The number of benzene rings is 1. The first-order valence-corrected chi connectivity index (χ1v) is 5.75. The number of rotatable bonds is 3. The summed E-state index contributed by atoms with van der Waals surface area (Å²) in [5, 5.41) is 0. The Bertz CT molecular complexity index is 372. The lowest BCUT2D eigenvalue weighted by atomic mass is 9.99. The highest BCUT2D eigenvalue weighted by molar-refractivity contribution is 5.87. The van der Waals surface area contributed by atoms with Gasteiger partial charge in [-0.25, -0.2) is 0 Å². The Labute approximate surface area is 96.6 Å². The molecule has 1 amide bonds. The van der Waals surface area contributed by atoms with Crippen molar-refractivity contribution in [3.05, 3.63) is 48.6 Å². The normalized spacial score (nSPS) is 19.8. The minimum atomic E-state index is 0.0653. The van der Waals surface area contributed by atoms with Crippen molar-refractivity contribution in [1.82, 2.24) is 4.90 Å². The van der Waals surface area contributed by atoms with Crippen LogP contribution < -0.4 is 0 Å². The van der Waals surface area contributed by atoms with E-state index in [9.17, 15) is 4.79 Å². The molecule has 1 aromatic carbocycles. The summed E-state index contributed by atoms with van der Waals surface area (Å²) in [6.07, 6.45) is 3.58. The summed E-state index contributed by atoms with van der Waals surface area (Å²) >= 11 is 0. The highest BCUT2D eigenvalue weighted by Crippen LogP contribution is 2.20. The van der Waals surface area contributed by atoms with Crippen LogP contribution in [-0.2, 0) is 11.2 Å². The van der Waals surface area contributed by atoms with Crippen molar-refractivity contribution in [2.24, 2.45) is 5.92 Å². The van der Waals surface area contributed by atoms with Gasteiger partial charge in [0, 0.05) is 13.1 Å². The van der Waals surface area contributed by atoms with Crippen molar-refractivity contribution in [2.45, 2.75) is 12.8 Å². The average Bonchev–Trinajstić information content (AvgIpc) is 2.78. The fourth-order valence-electron chi connectivity index (χ4n) is 2.28. The molecule has 1 aliphatic rings. The van der Waals surface area contributed by atoms with Gasteiger partial charge in [0.05, 0.1) is 0 Å². The first-order chi connectivity index (χ1) is 7.79. The molecule has 1 atom stereocenters. The van der Waals surface area contributed by atoms with Gasteiger partial charge in [-0.1, -0.05) is 36.9 Å². The molecule has 1 aliphatic heterocycles. The Morgan fingerprint density at radius 3 is 2.88 bits per heavy atom. The number of carbonyl (C=O) groups is 1. The molecule has 1 aromatic rings. The smallest absolute Gasteiger partial charge is 0.245 e. The van der Waals surface area contributed by atoms with Crippen molar-refractivity contribution in [1.29, 1.82) is 0 Å². The van der Waals surface area contributed by atoms with Gasteiger partial charge in [0.25, 0.3) is 0 Å². The third-order valence-electron chi connectivity index (χ3n) is 3.14. The number of carbonyl (C=O) groups excluding carboxylic acids is 1. The Hall–Kier alpha value is -1.57. The molecular formula is C14H17NO. The second kappa shape index (κ2) is 4.97. The SMILES string of the molecule is C=CC(=O)N1CC[C@H](Cc2ccccc2)C1. The largest absolute Gasteiger partial charge is 0.339 e. The van der Waals surface area contributed by atoms with E-state index in [0.29, 0.717) is 5.92 Å². The van der Waals surface area contributed by atoms with E-state index in [4.69, 9.17) is 0 Å². The number of hydrogen-bond donors (Lipinski definition) is 0.